The second-order valence-corrected chi connectivity index (χ2v) is 7.12. The average molecular weight is 414 g/mol. The molecule has 1 aliphatic heterocycles. The molecule has 150 valence electrons. The molecule has 1 aliphatic rings. The predicted molar refractivity (Wildman–Crippen MR) is 114 cm³/mol. The smallest absolute Gasteiger partial charge is 0.345 e. The van der Waals surface area contributed by atoms with Crippen LogP contribution in [0.4, 0.5) is 5.69 Å². The molecule has 1 aromatic carbocycles. The fourth-order valence-electron chi connectivity index (χ4n) is 3.56. The molecule has 0 unspecified atom stereocenters. The Kier molecular flexibility index (Phi) is 8.20. The number of aryl methyl sites for hydroxylation is 2. The van der Waals surface area contributed by atoms with Crippen molar-refractivity contribution in [1.82, 2.24) is 19.2 Å². The number of halogens is 2. The second kappa shape index (κ2) is 10.2. The van der Waals surface area contributed by atoms with E-state index in [1.54, 1.807) is 9.25 Å². The van der Waals surface area contributed by atoms with Crippen molar-refractivity contribution < 1.29 is 0 Å². The Morgan fingerprint density at radius 2 is 1.85 bits per heavy atom. The molecule has 0 radical (unpaired) electrons. The van der Waals surface area contributed by atoms with E-state index in [4.69, 9.17) is 11.6 Å². The third kappa shape index (κ3) is 5.27. The number of anilines is 1. The first-order valence-corrected chi connectivity index (χ1v) is 9.89. The van der Waals surface area contributed by atoms with Crippen LogP contribution in [0.5, 0.6) is 0 Å². The zero-order valence-electron chi connectivity index (χ0n) is 16.1. The number of benzene rings is 1. The quantitative estimate of drug-likeness (QED) is 0.699. The zero-order valence-corrected chi connectivity index (χ0v) is 17.7. The van der Waals surface area contributed by atoms with E-state index in [0.717, 1.165) is 56.4 Å². The molecule has 27 heavy (non-hydrogen) atoms. The average Bonchev–Trinajstić information content (AvgIpc) is 2.97. The van der Waals surface area contributed by atoms with Crippen molar-refractivity contribution in [2.24, 2.45) is 0 Å². The molecule has 0 atom stereocenters. The van der Waals surface area contributed by atoms with Crippen LogP contribution in [0, 0.1) is 0 Å². The van der Waals surface area contributed by atoms with Crippen molar-refractivity contribution >= 4 is 29.7 Å². The lowest BCUT2D eigenvalue weighted by atomic mass is 10.2. The van der Waals surface area contributed by atoms with E-state index in [9.17, 15) is 4.79 Å². The van der Waals surface area contributed by atoms with Gasteiger partial charge >= 0.3 is 5.69 Å². The van der Waals surface area contributed by atoms with Crippen LogP contribution >= 0.6 is 24.0 Å². The largest absolute Gasteiger partial charge is 0.369 e. The highest BCUT2D eigenvalue weighted by molar-refractivity contribution is 6.30. The van der Waals surface area contributed by atoms with Gasteiger partial charge in [0.15, 0.2) is 0 Å². The molecule has 0 spiro atoms. The van der Waals surface area contributed by atoms with Gasteiger partial charge in [-0.25, -0.2) is 9.48 Å². The van der Waals surface area contributed by atoms with Gasteiger partial charge in [0.2, 0.25) is 0 Å². The maximum atomic E-state index is 12.3. The summed E-state index contributed by atoms with van der Waals surface area (Å²) in [4.78, 5) is 17.2. The summed E-state index contributed by atoms with van der Waals surface area (Å²) in [7, 11) is 0. The highest BCUT2D eigenvalue weighted by Gasteiger charge is 2.17. The monoisotopic (exact) mass is 413 g/mol. The Labute approximate surface area is 172 Å². The molecule has 0 aliphatic carbocycles. The Morgan fingerprint density at radius 3 is 2.44 bits per heavy atom. The van der Waals surface area contributed by atoms with E-state index in [0.29, 0.717) is 13.1 Å². The minimum atomic E-state index is 0. The molecule has 2 aromatic rings. The molecule has 0 bridgehead atoms. The number of aromatic nitrogens is 3. The van der Waals surface area contributed by atoms with Crippen LogP contribution in [-0.2, 0) is 19.5 Å². The topological polar surface area (TPSA) is 46.3 Å². The van der Waals surface area contributed by atoms with Crippen LogP contribution in [0.2, 0.25) is 5.02 Å². The molecule has 1 aromatic heterocycles. The third-order valence-electron chi connectivity index (χ3n) is 5.02. The number of nitrogens with zero attached hydrogens (tertiary/aromatic N) is 5. The molecule has 1 saturated heterocycles. The van der Waals surface area contributed by atoms with Crippen molar-refractivity contribution in [3.05, 3.63) is 45.6 Å². The number of rotatable bonds is 7. The molecule has 2 heterocycles. The van der Waals surface area contributed by atoms with Gasteiger partial charge in [0.25, 0.3) is 0 Å². The summed E-state index contributed by atoms with van der Waals surface area (Å²) in [6, 6.07) is 8.05. The van der Waals surface area contributed by atoms with Crippen LogP contribution < -0.4 is 10.6 Å². The summed E-state index contributed by atoms with van der Waals surface area (Å²) in [5.74, 6) is 0.882. The number of piperazine rings is 1. The molecule has 0 saturated carbocycles. The Hall–Kier alpha value is -1.50. The summed E-state index contributed by atoms with van der Waals surface area (Å²) < 4.78 is 3.40. The lowest BCUT2D eigenvalue weighted by Gasteiger charge is -2.36. The van der Waals surface area contributed by atoms with Gasteiger partial charge in [-0.05, 0) is 31.5 Å². The summed E-state index contributed by atoms with van der Waals surface area (Å²) in [6.07, 6.45) is 1.74. The van der Waals surface area contributed by atoms with Crippen LogP contribution in [0.1, 0.15) is 26.1 Å². The van der Waals surface area contributed by atoms with Crippen molar-refractivity contribution in [2.75, 3.05) is 37.6 Å². The lowest BCUT2D eigenvalue weighted by Crippen LogP contribution is -2.46. The van der Waals surface area contributed by atoms with Gasteiger partial charge < -0.3 is 4.90 Å². The predicted octanol–water partition coefficient (Wildman–Crippen LogP) is 2.91. The summed E-state index contributed by atoms with van der Waals surface area (Å²) >= 11 is 6.09. The van der Waals surface area contributed by atoms with Crippen molar-refractivity contribution in [3.8, 4) is 0 Å². The normalized spacial score (nSPS) is 15.0. The number of hydrogen-bond acceptors (Lipinski definition) is 4. The van der Waals surface area contributed by atoms with Crippen molar-refractivity contribution in [1.29, 1.82) is 0 Å². The van der Waals surface area contributed by atoms with Gasteiger partial charge in [0.1, 0.15) is 5.82 Å². The van der Waals surface area contributed by atoms with E-state index >= 15 is 0 Å². The SMILES string of the molecule is CCc1nn(CCCN2CCN(c3cccc(Cl)c3)CC2)c(=O)n1CC.Cl. The van der Waals surface area contributed by atoms with E-state index < -0.39 is 0 Å². The van der Waals surface area contributed by atoms with Gasteiger partial charge in [0.05, 0.1) is 0 Å². The van der Waals surface area contributed by atoms with Crippen LogP contribution in [0.25, 0.3) is 0 Å². The van der Waals surface area contributed by atoms with E-state index in [2.05, 4.69) is 21.0 Å². The van der Waals surface area contributed by atoms with Crippen molar-refractivity contribution in [3.63, 3.8) is 0 Å². The molecule has 0 amide bonds. The van der Waals surface area contributed by atoms with Gasteiger partial charge in [-0.1, -0.05) is 24.6 Å². The number of hydrogen-bond donors (Lipinski definition) is 0. The van der Waals surface area contributed by atoms with Crippen LogP contribution in [-0.4, -0.2) is 52.0 Å². The third-order valence-corrected chi connectivity index (χ3v) is 5.26. The van der Waals surface area contributed by atoms with Crippen LogP contribution in [0.3, 0.4) is 0 Å². The molecule has 1 fully saturated rings. The Bertz CT molecular complexity index is 781. The fourth-order valence-corrected chi connectivity index (χ4v) is 3.74. The van der Waals surface area contributed by atoms with E-state index in [-0.39, 0.29) is 18.1 Å². The minimum Gasteiger partial charge on any atom is -0.369 e. The summed E-state index contributed by atoms with van der Waals surface area (Å²) in [5.41, 5.74) is 1.22. The van der Waals surface area contributed by atoms with E-state index in [1.807, 2.05) is 32.0 Å². The first-order valence-electron chi connectivity index (χ1n) is 9.51. The minimum absolute atomic E-state index is 0. The summed E-state index contributed by atoms with van der Waals surface area (Å²) in [5, 5.41) is 5.26. The second-order valence-electron chi connectivity index (χ2n) is 6.68. The molecule has 3 rings (SSSR count). The van der Waals surface area contributed by atoms with Gasteiger partial charge in [0, 0.05) is 62.9 Å². The molecular weight excluding hydrogens is 385 g/mol. The van der Waals surface area contributed by atoms with Gasteiger partial charge in [-0.2, -0.15) is 5.10 Å². The summed E-state index contributed by atoms with van der Waals surface area (Å²) in [6.45, 7) is 10.5. The maximum Gasteiger partial charge on any atom is 0.345 e. The zero-order chi connectivity index (χ0) is 18.5. The van der Waals surface area contributed by atoms with Gasteiger partial charge in [-0.3, -0.25) is 9.47 Å². The molecule has 8 heteroatoms. The molecule has 0 N–H and O–H groups in total. The van der Waals surface area contributed by atoms with Crippen LogP contribution in [0.15, 0.2) is 29.1 Å². The first-order chi connectivity index (χ1) is 12.6. The Balaban J connectivity index is 0.00000261. The molecular formula is C19H29Cl2N5O. The molecule has 6 nitrogen and oxygen atoms in total. The van der Waals surface area contributed by atoms with E-state index in [1.165, 1.54) is 5.69 Å². The Morgan fingerprint density at radius 1 is 1.11 bits per heavy atom. The highest BCUT2D eigenvalue weighted by atomic mass is 35.5. The standard InChI is InChI=1S/C19H28ClN5O.ClH/c1-3-18-21-25(19(26)24(18)4-2)10-6-9-22-11-13-23(14-12-22)17-8-5-7-16(20)15-17;/h5,7-8,15H,3-4,6,9-14H2,1-2H3;1H. The fraction of sp³-hybridized carbons (Fsp3) is 0.579. The van der Waals surface area contributed by atoms with Crippen molar-refractivity contribution in [2.45, 2.75) is 39.8 Å². The maximum absolute atomic E-state index is 12.3. The first kappa shape index (κ1) is 21.8. The lowest BCUT2D eigenvalue weighted by molar-refractivity contribution is 0.248. The highest BCUT2D eigenvalue weighted by Crippen LogP contribution is 2.20. The van der Waals surface area contributed by atoms with Gasteiger partial charge in [-0.15, -0.1) is 12.4 Å².